The van der Waals surface area contributed by atoms with Crippen molar-refractivity contribution in [1.82, 2.24) is 39.5 Å². The predicted molar refractivity (Wildman–Crippen MR) is 277 cm³/mol. The van der Waals surface area contributed by atoms with E-state index in [0.717, 1.165) is 44.4 Å². The van der Waals surface area contributed by atoms with E-state index in [0.29, 0.717) is 62.9 Å². The fourth-order valence-electron chi connectivity index (χ4n) is 8.61. The third-order valence-corrected chi connectivity index (χ3v) is 16.0. The Morgan fingerprint density at radius 3 is 1.31 bits per heavy atom. The van der Waals surface area contributed by atoms with Crippen LogP contribution < -0.4 is 22.5 Å². The minimum Gasteiger partial charge on any atom is -0.458 e. The molecule has 0 aliphatic heterocycles. The first-order valence-electron chi connectivity index (χ1n) is 22.2. The smallest absolute Gasteiger partial charge is 0.350 e. The molecule has 0 amide bonds. The molecule has 8 aromatic rings. The number of esters is 2. The van der Waals surface area contributed by atoms with Crippen LogP contribution in [-0.4, -0.2) is 63.6 Å². The van der Waals surface area contributed by atoms with E-state index in [1.807, 2.05) is 88.4 Å². The highest BCUT2D eigenvalue weighted by molar-refractivity contribution is 7.14. The molecule has 0 radical (unpaired) electrons. The number of H-pyrrole nitrogens is 2. The molecular weight excluding hydrogens is 1050 g/mol. The zero-order valence-electron chi connectivity index (χ0n) is 38.5. The summed E-state index contributed by atoms with van der Waals surface area (Å²) in [7, 11) is 0. The Labute approximate surface area is 437 Å². The van der Waals surface area contributed by atoms with Crippen molar-refractivity contribution < 1.29 is 19.1 Å². The van der Waals surface area contributed by atoms with Gasteiger partial charge in [-0.3, -0.25) is 19.6 Å². The fraction of sp³-hybridized carbons (Fsp3) is 0.240. The second kappa shape index (κ2) is 20.2. The number of benzene rings is 4. The molecule has 0 bridgehead atoms. The Kier molecular flexibility index (Phi) is 14.1. The van der Waals surface area contributed by atoms with Crippen LogP contribution in [0.1, 0.15) is 93.9 Å². The molecule has 22 heteroatoms. The van der Waals surface area contributed by atoms with Gasteiger partial charge in [-0.05, 0) is 71.2 Å². The van der Waals surface area contributed by atoms with E-state index in [-0.39, 0.29) is 47.6 Å². The lowest BCUT2D eigenvalue weighted by molar-refractivity contribution is -0.0171. The fourth-order valence-corrected chi connectivity index (χ4v) is 12.7. The van der Waals surface area contributed by atoms with Gasteiger partial charge >= 0.3 is 23.3 Å². The number of aromatic amines is 2. The van der Waals surface area contributed by atoms with Gasteiger partial charge in [0, 0.05) is 59.6 Å². The molecular formula is C50H40Cl4N8O8S2. The van der Waals surface area contributed by atoms with E-state index in [2.05, 4.69) is 20.2 Å². The zero-order chi connectivity index (χ0) is 51.2. The van der Waals surface area contributed by atoms with Crippen LogP contribution in [0.5, 0.6) is 0 Å². The van der Waals surface area contributed by atoms with Crippen molar-refractivity contribution in [3.8, 4) is 33.9 Å². The molecule has 4 heterocycles. The summed E-state index contributed by atoms with van der Waals surface area (Å²) in [5, 5.41) is 9.61. The third kappa shape index (κ3) is 9.99. The number of nitrogens with zero attached hydrogens (tertiary/aromatic N) is 6. The molecule has 368 valence electrons. The van der Waals surface area contributed by atoms with E-state index >= 15 is 0 Å². The minimum atomic E-state index is -0.980. The second-order valence-electron chi connectivity index (χ2n) is 17.9. The van der Waals surface area contributed by atoms with E-state index in [1.54, 1.807) is 0 Å². The van der Waals surface area contributed by atoms with Gasteiger partial charge < -0.3 is 9.47 Å². The van der Waals surface area contributed by atoms with E-state index in [1.165, 1.54) is 24.3 Å². The molecule has 1 aliphatic rings. The van der Waals surface area contributed by atoms with Crippen molar-refractivity contribution >= 4 is 81.0 Å². The van der Waals surface area contributed by atoms with Gasteiger partial charge in [-0.1, -0.05) is 107 Å². The van der Waals surface area contributed by atoms with Gasteiger partial charge in [0.1, 0.15) is 44.4 Å². The van der Waals surface area contributed by atoms with Crippen LogP contribution in [0.4, 0.5) is 0 Å². The lowest BCUT2D eigenvalue weighted by atomic mass is 9.85. The molecule has 1 aliphatic carbocycles. The van der Waals surface area contributed by atoms with Gasteiger partial charge in [0.25, 0.3) is 11.1 Å². The number of carbonyl (C=O) groups is 2. The largest absolute Gasteiger partial charge is 0.458 e. The summed E-state index contributed by atoms with van der Waals surface area (Å²) in [6.07, 6.45) is 2.63. The number of carbonyl (C=O) groups excluding carboxylic acids is 2. The Hall–Kier alpha value is -6.54. The number of thiazole rings is 2. The average Bonchev–Trinajstić information content (AvgIpc) is 4.00. The van der Waals surface area contributed by atoms with Gasteiger partial charge in [0.05, 0.1) is 22.8 Å². The van der Waals surface area contributed by atoms with Crippen molar-refractivity contribution in [3.63, 3.8) is 0 Å². The third-order valence-electron chi connectivity index (χ3n) is 12.1. The van der Waals surface area contributed by atoms with Gasteiger partial charge in [0.15, 0.2) is 0 Å². The summed E-state index contributed by atoms with van der Waals surface area (Å²) in [6, 6.07) is 24.5. The molecule has 0 saturated heterocycles. The summed E-state index contributed by atoms with van der Waals surface area (Å²) in [5.74, 6) is -1.20. The molecule has 2 N–H and O–H groups in total. The molecule has 72 heavy (non-hydrogen) atoms. The van der Waals surface area contributed by atoms with E-state index in [9.17, 15) is 28.8 Å². The van der Waals surface area contributed by atoms with Crippen LogP contribution >= 0.6 is 69.1 Å². The number of hydrogen-bond acceptors (Lipinski definition) is 14. The lowest BCUT2D eigenvalue weighted by Gasteiger charge is -2.28. The molecule has 0 spiro atoms. The minimum absolute atomic E-state index is 0.196. The summed E-state index contributed by atoms with van der Waals surface area (Å²) >= 11 is 29.9. The Morgan fingerprint density at radius 2 is 0.958 bits per heavy atom. The maximum Gasteiger partial charge on any atom is 0.350 e. The van der Waals surface area contributed by atoms with Crippen molar-refractivity contribution in [3.05, 3.63) is 190 Å². The normalized spacial score (nSPS) is 15.1. The summed E-state index contributed by atoms with van der Waals surface area (Å²) in [6.45, 7) is 7.46. The Bertz CT molecular complexity index is 3380. The summed E-state index contributed by atoms with van der Waals surface area (Å²) < 4.78 is 14.4. The first-order valence-corrected chi connectivity index (χ1v) is 25.4. The first kappa shape index (κ1) is 50.4. The predicted octanol–water partition coefficient (Wildman–Crippen LogP) is 9.99. The van der Waals surface area contributed by atoms with Crippen LogP contribution in [0.2, 0.25) is 20.1 Å². The van der Waals surface area contributed by atoms with Gasteiger partial charge in [0.2, 0.25) is 0 Å². The highest BCUT2D eigenvalue weighted by Crippen LogP contribution is 2.47. The summed E-state index contributed by atoms with van der Waals surface area (Å²) in [5.41, 5.74) is -1.24. The average molecular weight is 1090 g/mol. The Morgan fingerprint density at radius 1 is 0.597 bits per heavy atom. The maximum absolute atomic E-state index is 14.4. The molecule has 16 nitrogen and oxygen atoms in total. The van der Waals surface area contributed by atoms with Crippen molar-refractivity contribution in [2.45, 2.75) is 76.4 Å². The van der Waals surface area contributed by atoms with Gasteiger partial charge in [-0.25, -0.2) is 29.1 Å². The van der Waals surface area contributed by atoms with Crippen LogP contribution in [0, 0.1) is 0 Å². The zero-order valence-corrected chi connectivity index (χ0v) is 43.2. The molecule has 4 aromatic carbocycles. The van der Waals surface area contributed by atoms with Crippen molar-refractivity contribution in [1.29, 1.82) is 0 Å². The molecule has 4 aromatic heterocycles. The van der Waals surface area contributed by atoms with Gasteiger partial charge in [-0.15, -0.1) is 22.7 Å². The monoisotopic (exact) mass is 1080 g/mol. The second-order valence-corrected chi connectivity index (χ2v) is 21.5. The number of nitrogens with one attached hydrogen (secondary N) is 2. The van der Waals surface area contributed by atoms with Gasteiger partial charge in [-0.2, -0.15) is 19.6 Å². The van der Waals surface area contributed by atoms with Crippen LogP contribution in [0.15, 0.2) is 117 Å². The number of rotatable bonds is 12. The van der Waals surface area contributed by atoms with Crippen LogP contribution in [-0.2, 0) is 20.3 Å². The lowest BCUT2D eigenvalue weighted by Crippen LogP contribution is -2.31. The number of hydrogen-bond donors (Lipinski definition) is 2. The topological polar surface area (TPSA) is 214 Å². The molecule has 2 unspecified atom stereocenters. The maximum atomic E-state index is 14.4. The molecule has 1 saturated carbocycles. The molecule has 1 fully saturated rings. The molecule has 2 atom stereocenters. The van der Waals surface area contributed by atoms with E-state index < -0.39 is 57.5 Å². The SMILES string of the molecule is CC(C)(c1nc(-c2ccccc2)c(C(=O)OC2CCCC(OC(=O)c3sc(C(C)(C)c4c(Cl)cc(-n5ncc(=O)[nH]c5=O)cc4Cl)nc3-c3ccccc3)C2)s1)c1c(Cl)cc(-n2ncc(=O)[nH]c2=O)cc1Cl. The Balaban J connectivity index is 0.966. The highest BCUT2D eigenvalue weighted by atomic mass is 35.5. The van der Waals surface area contributed by atoms with Crippen molar-refractivity contribution in [2.24, 2.45) is 0 Å². The quantitative estimate of drug-likeness (QED) is 0.109. The number of ether oxygens (including phenoxy) is 2. The van der Waals surface area contributed by atoms with Crippen molar-refractivity contribution in [2.75, 3.05) is 0 Å². The van der Waals surface area contributed by atoms with E-state index in [4.69, 9.17) is 65.8 Å². The first-order chi connectivity index (χ1) is 34.3. The van der Waals surface area contributed by atoms with Crippen LogP contribution in [0.3, 0.4) is 0 Å². The molecule has 9 rings (SSSR count). The number of aromatic nitrogens is 8. The number of halogens is 4. The summed E-state index contributed by atoms with van der Waals surface area (Å²) in [4.78, 5) is 92.0. The highest BCUT2D eigenvalue weighted by Gasteiger charge is 2.38. The standard InChI is InChI=1S/C50H40Cl4N8O8S2/c1-49(2,37-31(51)18-27(19-32(37)52)61-47(67)57-35(63)23-55-61)45-59-39(25-12-7-5-8-13-25)41(71-45)43(65)69-29-16-11-17-30(22-29)70-44(66)42-40(26-14-9-6-10-15-26)60-46(72-42)50(3,4)38-33(53)20-28(21-34(38)54)62-48(68)58-36(64)24-56-62/h5-10,12-15,18-21,23-24,29-30H,11,16-17,22H2,1-4H3,(H,57,63,67)(H,58,64,68). The van der Waals surface area contributed by atoms with Crippen LogP contribution in [0.25, 0.3) is 33.9 Å².